The van der Waals surface area contributed by atoms with Crippen LogP contribution >= 0.6 is 0 Å². The van der Waals surface area contributed by atoms with Crippen LogP contribution in [0.5, 0.6) is 0 Å². The van der Waals surface area contributed by atoms with E-state index in [-0.39, 0.29) is 18.5 Å². The monoisotopic (exact) mass is 254 g/mol. The fourth-order valence-electron chi connectivity index (χ4n) is 1.92. The third-order valence-electron chi connectivity index (χ3n) is 3.12. The summed E-state index contributed by atoms with van der Waals surface area (Å²) in [4.78, 5) is 21.9. The number of rotatable bonds is 7. The number of urea groups is 1. The average molecular weight is 254 g/mol. The lowest BCUT2D eigenvalue weighted by Gasteiger charge is -2.14. The molecule has 0 bridgehead atoms. The van der Waals surface area contributed by atoms with E-state index in [0.29, 0.717) is 18.9 Å². The SMILES string of the molecule is CC(CCNC(=O)NC1CC=CC1)CCC(=O)O. The fraction of sp³-hybridized carbons (Fsp3) is 0.692. The lowest BCUT2D eigenvalue weighted by Crippen LogP contribution is -2.41. The molecule has 0 aromatic carbocycles. The maximum absolute atomic E-state index is 11.5. The Hall–Kier alpha value is -1.52. The maximum Gasteiger partial charge on any atom is 0.315 e. The number of aliphatic carboxylic acids is 1. The van der Waals surface area contributed by atoms with E-state index >= 15 is 0 Å². The standard InChI is InChI=1S/C13H22N2O3/c1-10(6-7-12(16)17)8-9-14-13(18)15-11-4-2-3-5-11/h2-3,10-11H,4-9H2,1H3,(H,16,17)(H2,14,15,18). The van der Waals surface area contributed by atoms with Gasteiger partial charge in [-0.25, -0.2) is 4.79 Å². The Labute approximate surface area is 108 Å². The molecule has 0 spiro atoms. The predicted molar refractivity (Wildman–Crippen MR) is 69.3 cm³/mol. The Morgan fingerprint density at radius 2 is 2.00 bits per heavy atom. The molecule has 1 rings (SSSR count). The summed E-state index contributed by atoms with van der Waals surface area (Å²) in [5.41, 5.74) is 0. The van der Waals surface area contributed by atoms with E-state index < -0.39 is 5.97 Å². The molecule has 0 saturated carbocycles. The molecule has 1 atom stereocenters. The van der Waals surface area contributed by atoms with Gasteiger partial charge in [-0.1, -0.05) is 19.1 Å². The summed E-state index contributed by atoms with van der Waals surface area (Å²) in [5, 5.41) is 14.2. The molecule has 2 amide bonds. The predicted octanol–water partition coefficient (Wildman–Crippen LogP) is 1.90. The van der Waals surface area contributed by atoms with Crippen molar-refractivity contribution >= 4 is 12.0 Å². The molecule has 102 valence electrons. The van der Waals surface area contributed by atoms with Crippen LogP contribution in [0.25, 0.3) is 0 Å². The van der Waals surface area contributed by atoms with E-state index in [1.165, 1.54) is 0 Å². The third-order valence-corrected chi connectivity index (χ3v) is 3.12. The Kier molecular flexibility index (Phi) is 6.25. The van der Waals surface area contributed by atoms with Gasteiger partial charge in [-0.05, 0) is 31.6 Å². The second kappa shape index (κ2) is 7.74. The number of amides is 2. The van der Waals surface area contributed by atoms with Gasteiger partial charge in [-0.15, -0.1) is 0 Å². The van der Waals surface area contributed by atoms with Gasteiger partial charge in [-0.2, -0.15) is 0 Å². The molecule has 1 aliphatic rings. The minimum atomic E-state index is -0.763. The largest absolute Gasteiger partial charge is 0.481 e. The summed E-state index contributed by atoms with van der Waals surface area (Å²) in [6, 6.07) is 0.101. The van der Waals surface area contributed by atoms with E-state index in [4.69, 9.17) is 5.11 Å². The van der Waals surface area contributed by atoms with Crippen molar-refractivity contribution in [3.05, 3.63) is 12.2 Å². The van der Waals surface area contributed by atoms with Gasteiger partial charge in [0.2, 0.25) is 0 Å². The number of carboxylic acid groups (broad SMARTS) is 1. The summed E-state index contributed by atoms with van der Waals surface area (Å²) in [6.07, 6.45) is 7.61. The molecular weight excluding hydrogens is 232 g/mol. The maximum atomic E-state index is 11.5. The Bertz CT molecular complexity index is 307. The van der Waals surface area contributed by atoms with Crippen molar-refractivity contribution in [2.75, 3.05) is 6.54 Å². The quantitative estimate of drug-likeness (QED) is 0.607. The number of hydrogen-bond acceptors (Lipinski definition) is 2. The molecular formula is C13H22N2O3. The summed E-state index contributed by atoms with van der Waals surface area (Å²) < 4.78 is 0. The second-order valence-corrected chi connectivity index (χ2v) is 4.87. The molecule has 0 aliphatic heterocycles. The van der Waals surface area contributed by atoms with Crippen LogP contribution in [0.15, 0.2) is 12.2 Å². The van der Waals surface area contributed by atoms with Crippen molar-refractivity contribution in [1.29, 1.82) is 0 Å². The van der Waals surface area contributed by atoms with E-state index in [0.717, 1.165) is 19.3 Å². The zero-order valence-corrected chi connectivity index (χ0v) is 10.8. The van der Waals surface area contributed by atoms with Crippen LogP contribution in [0.2, 0.25) is 0 Å². The topological polar surface area (TPSA) is 78.4 Å². The van der Waals surface area contributed by atoms with Crippen LogP contribution in [0.1, 0.15) is 39.0 Å². The zero-order valence-electron chi connectivity index (χ0n) is 10.8. The Balaban J connectivity index is 2.02. The molecule has 0 heterocycles. The van der Waals surface area contributed by atoms with Gasteiger partial charge in [0.1, 0.15) is 0 Å². The van der Waals surface area contributed by atoms with Gasteiger partial charge in [0.05, 0.1) is 0 Å². The minimum absolute atomic E-state index is 0.130. The highest BCUT2D eigenvalue weighted by Crippen LogP contribution is 2.10. The minimum Gasteiger partial charge on any atom is -0.481 e. The molecule has 5 heteroatoms. The Morgan fingerprint density at radius 1 is 1.33 bits per heavy atom. The number of hydrogen-bond donors (Lipinski definition) is 3. The van der Waals surface area contributed by atoms with Crippen molar-refractivity contribution < 1.29 is 14.7 Å². The van der Waals surface area contributed by atoms with Crippen LogP contribution in [-0.4, -0.2) is 29.7 Å². The lowest BCUT2D eigenvalue weighted by atomic mass is 10.0. The summed E-state index contributed by atoms with van der Waals surface area (Å²) in [5.74, 6) is -0.448. The average Bonchev–Trinajstić information content (AvgIpc) is 2.79. The third kappa shape index (κ3) is 6.27. The first kappa shape index (κ1) is 14.5. The van der Waals surface area contributed by atoms with Gasteiger partial charge in [-0.3, -0.25) is 4.79 Å². The van der Waals surface area contributed by atoms with E-state index in [1.807, 2.05) is 6.92 Å². The van der Waals surface area contributed by atoms with E-state index in [9.17, 15) is 9.59 Å². The van der Waals surface area contributed by atoms with Crippen molar-refractivity contribution in [2.45, 2.75) is 45.1 Å². The van der Waals surface area contributed by atoms with Crippen LogP contribution in [0, 0.1) is 5.92 Å². The van der Waals surface area contributed by atoms with Gasteiger partial charge in [0, 0.05) is 19.0 Å². The first-order chi connectivity index (χ1) is 8.58. The van der Waals surface area contributed by atoms with Crippen LogP contribution in [-0.2, 0) is 4.79 Å². The summed E-state index contributed by atoms with van der Waals surface area (Å²) >= 11 is 0. The van der Waals surface area contributed by atoms with Crippen molar-refractivity contribution in [3.63, 3.8) is 0 Å². The molecule has 5 nitrogen and oxygen atoms in total. The summed E-state index contributed by atoms with van der Waals surface area (Å²) in [6.45, 7) is 2.59. The number of carbonyl (C=O) groups is 2. The highest BCUT2D eigenvalue weighted by atomic mass is 16.4. The van der Waals surface area contributed by atoms with Crippen LogP contribution in [0.3, 0.4) is 0 Å². The van der Waals surface area contributed by atoms with Crippen LogP contribution in [0.4, 0.5) is 4.79 Å². The molecule has 0 aromatic rings. The molecule has 0 saturated heterocycles. The zero-order chi connectivity index (χ0) is 13.4. The smallest absolute Gasteiger partial charge is 0.315 e. The fourth-order valence-corrected chi connectivity index (χ4v) is 1.92. The van der Waals surface area contributed by atoms with Gasteiger partial charge in [0.25, 0.3) is 0 Å². The van der Waals surface area contributed by atoms with Crippen molar-refractivity contribution in [1.82, 2.24) is 10.6 Å². The van der Waals surface area contributed by atoms with E-state index in [2.05, 4.69) is 22.8 Å². The molecule has 3 N–H and O–H groups in total. The summed E-state index contributed by atoms with van der Waals surface area (Å²) in [7, 11) is 0. The first-order valence-electron chi connectivity index (χ1n) is 6.49. The Morgan fingerprint density at radius 3 is 2.61 bits per heavy atom. The highest BCUT2D eigenvalue weighted by molar-refractivity contribution is 5.74. The van der Waals surface area contributed by atoms with Gasteiger partial charge >= 0.3 is 12.0 Å². The van der Waals surface area contributed by atoms with Gasteiger partial charge < -0.3 is 15.7 Å². The molecule has 0 fully saturated rings. The van der Waals surface area contributed by atoms with E-state index in [1.54, 1.807) is 0 Å². The van der Waals surface area contributed by atoms with Crippen LogP contribution < -0.4 is 10.6 Å². The molecule has 0 aromatic heterocycles. The molecule has 0 radical (unpaired) electrons. The van der Waals surface area contributed by atoms with Crippen molar-refractivity contribution in [2.24, 2.45) is 5.92 Å². The molecule has 1 unspecified atom stereocenters. The normalized spacial score (nSPS) is 16.5. The second-order valence-electron chi connectivity index (χ2n) is 4.87. The highest BCUT2D eigenvalue weighted by Gasteiger charge is 2.12. The number of nitrogens with one attached hydrogen (secondary N) is 2. The van der Waals surface area contributed by atoms with Gasteiger partial charge in [0.15, 0.2) is 0 Å². The molecule has 18 heavy (non-hydrogen) atoms. The number of carbonyl (C=O) groups excluding carboxylic acids is 1. The lowest BCUT2D eigenvalue weighted by molar-refractivity contribution is -0.137. The molecule has 1 aliphatic carbocycles. The first-order valence-corrected chi connectivity index (χ1v) is 6.49. The number of carboxylic acids is 1. The van der Waals surface area contributed by atoms with Crippen molar-refractivity contribution in [3.8, 4) is 0 Å².